The van der Waals surface area contributed by atoms with E-state index in [9.17, 15) is 34.8 Å². The Morgan fingerprint density at radius 1 is 0.947 bits per heavy atom. The molecule has 2 bridgehead atoms. The zero-order chi connectivity index (χ0) is 39.7. The molecule has 4 aliphatic rings. The molecule has 1 saturated heterocycles. The summed E-state index contributed by atoms with van der Waals surface area (Å²) < 4.78 is 20.2. The van der Waals surface area contributed by atoms with Gasteiger partial charge in [-0.05, 0) is 54.7 Å². The standard InChI is InChI=1S/C43H50N2O10.2Ac/c1-24-28(22-43(52)25(2)36-41(5,29(46)21-30-42(36,51)23-53-30)37(48)34(47)32(24)40(43,3)4)54-39(50)35(55-31-19-13-14-20-45(31)6)33(26-15-9-7-10-16-26)44-38(49)27-17-11-8-12-18-27;;/h7-20,25,28-30,33-36,46-47,51-52H,21-23H2,1-6H3;;/p+1/t25-,28?,29?,30?,33?,34?,35?,36?,41+,42?,43?;;/m0../s1. The molecule has 57 heavy (non-hydrogen) atoms. The van der Waals surface area contributed by atoms with Crippen LogP contribution in [0.3, 0.4) is 0 Å². The molecule has 3 aromatic rings. The van der Waals surface area contributed by atoms with Gasteiger partial charge in [0, 0.05) is 124 Å². The number of aromatic nitrogens is 1. The van der Waals surface area contributed by atoms with Gasteiger partial charge in [0.25, 0.3) is 5.91 Å². The maximum Gasteiger partial charge on any atom is 0.368 e. The summed E-state index contributed by atoms with van der Waals surface area (Å²) >= 11 is 0. The van der Waals surface area contributed by atoms with Gasteiger partial charge in [-0.2, -0.15) is 4.57 Å². The Kier molecular flexibility index (Phi) is 14.2. The second-order valence-corrected chi connectivity index (χ2v) is 16.5. The monoisotopic (exact) mass is 1210 g/mol. The fourth-order valence-corrected chi connectivity index (χ4v) is 10.1. The fourth-order valence-electron chi connectivity index (χ4n) is 10.1. The number of benzene rings is 2. The number of aliphatic hydroxyl groups excluding tert-OH is 2. The Hall–Kier alpha value is -1.58. The number of hydrogen-bond donors (Lipinski definition) is 5. The Morgan fingerprint density at radius 2 is 1.56 bits per heavy atom. The molecule has 2 heterocycles. The van der Waals surface area contributed by atoms with E-state index in [1.165, 1.54) is 0 Å². The van der Waals surface area contributed by atoms with Crippen LogP contribution in [0.25, 0.3) is 0 Å². The van der Waals surface area contributed by atoms with Crippen molar-refractivity contribution >= 4 is 17.7 Å². The number of carbonyl (C=O) groups is 3. The van der Waals surface area contributed by atoms with Gasteiger partial charge in [-0.15, -0.1) is 0 Å². The zero-order valence-corrected chi connectivity index (χ0v) is 42.7. The molecule has 11 atom stereocenters. The molecule has 12 nitrogen and oxygen atoms in total. The van der Waals surface area contributed by atoms with Crippen molar-refractivity contribution in [1.29, 1.82) is 0 Å². The number of hydrogen-bond acceptors (Lipinski definition) is 10. The van der Waals surface area contributed by atoms with Crippen molar-refractivity contribution in [2.24, 2.45) is 29.7 Å². The van der Waals surface area contributed by atoms with Crippen molar-refractivity contribution in [2.75, 3.05) is 6.61 Å². The third kappa shape index (κ3) is 7.69. The summed E-state index contributed by atoms with van der Waals surface area (Å²) in [5.74, 6) is -3.58. The molecule has 2 aromatic carbocycles. The predicted molar refractivity (Wildman–Crippen MR) is 198 cm³/mol. The summed E-state index contributed by atoms with van der Waals surface area (Å²) in [5.41, 5.74) is -4.73. The number of rotatable bonds is 8. The number of Topliss-reactive ketones (excluding diaryl/α,β-unsaturated/α-hetero) is 1. The number of aryl methyl sites for hydroxylation is 1. The van der Waals surface area contributed by atoms with E-state index < -0.39 is 88.1 Å². The smallest absolute Gasteiger partial charge is 0.368 e. The van der Waals surface area contributed by atoms with Gasteiger partial charge in [0.1, 0.15) is 30.9 Å². The molecule has 14 heteroatoms. The Bertz CT molecular complexity index is 2020. The third-order valence-corrected chi connectivity index (χ3v) is 13.4. The van der Waals surface area contributed by atoms with Crippen LogP contribution in [0.5, 0.6) is 5.88 Å². The van der Waals surface area contributed by atoms with Gasteiger partial charge in [0.05, 0.1) is 35.9 Å². The van der Waals surface area contributed by atoms with Crippen molar-refractivity contribution in [1.82, 2.24) is 5.32 Å². The molecule has 1 aromatic heterocycles. The van der Waals surface area contributed by atoms with Crippen LogP contribution in [-0.2, 0) is 26.1 Å². The second kappa shape index (κ2) is 17.4. The quantitative estimate of drug-likeness (QED) is 0.128. The van der Waals surface area contributed by atoms with E-state index in [2.05, 4.69) is 5.32 Å². The topological polar surface area (TPSA) is 176 Å². The first kappa shape index (κ1) is 46.5. The van der Waals surface area contributed by atoms with Crippen molar-refractivity contribution in [2.45, 2.75) is 95.2 Å². The van der Waals surface area contributed by atoms with Crippen LogP contribution in [0.4, 0.5) is 0 Å². The van der Waals surface area contributed by atoms with Crippen LogP contribution in [0, 0.1) is 111 Å². The van der Waals surface area contributed by atoms with Crippen LogP contribution in [0.2, 0.25) is 0 Å². The normalized spacial score (nSPS) is 33.5. The number of aliphatic hydroxyl groups is 4. The van der Waals surface area contributed by atoms with Gasteiger partial charge in [-0.3, -0.25) is 9.59 Å². The minimum Gasteiger partial charge on any atom is -0.455 e. The molecule has 7 rings (SSSR count). The van der Waals surface area contributed by atoms with Gasteiger partial charge in [0.2, 0.25) is 6.10 Å². The zero-order valence-electron chi connectivity index (χ0n) is 33.2. The third-order valence-electron chi connectivity index (χ3n) is 13.4. The van der Waals surface area contributed by atoms with E-state index in [1.54, 1.807) is 125 Å². The molecule has 0 spiro atoms. The van der Waals surface area contributed by atoms with Gasteiger partial charge in [-0.1, -0.05) is 69.3 Å². The number of nitrogens with one attached hydrogen (secondary N) is 1. The van der Waals surface area contributed by atoms with Crippen molar-refractivity contribution in [3.05, 3.63) is 107 Å². The summed E-state index contributed by atoms with van der Waals surface area (Å²) in [6, 6.07) is 21.7. The van der Waals surface area contributed by atoms with Crippen LogP contribution >= 0.6 is 0 Å². The van der Waals surface area contributed by atoms with Crippen LogP contribution < -0.4 is 14.6 Å². The second-order valence-electron chi connectivity index (χ2n) is 16.5. The number of ether oxygens (including phenoxy) is 3. The fraction of sp³-hybridized carbons (Fsp3) is 0.488. The van der Waals surface area contributed by atoms with E-state index in [-0.39, 0.29) is 113 Å². The molecule has 2 saturated carbocycles. The summed E-state index contributed by atoms with van der Waals surface area (Å²) in [7, 11) is 1.75. The van der Waals surface area contributed by atoms with Crippen LogP contribution in [0.15, 0.2) is 96.2 Å². The summed E-state index contributed by atoms with van der Waals surface area (Å²) in [4.78, 5) is 43.1. The Balaban J connectivity index is 0.00000310. The number of nitrogens with zero attached hydrogens (tertiary/aromatic N) is 1. The molecule has 2 radical (unpaired) electrons. The SMILES string of the molecule is CC1=C2C(O)C(=O)[C@]3(C)C(O)CC4OCC4(O)C3[C@H](C)C(O)(CC1OC(=O)C(Oc1cccc[n+]1C)C(NC(=O)c1ccccc1)c1ccccc1)C2(C)C.[Ac].[Ac]. The number of esters is 1. The molecule has 3 fully saturated rings. The number of ketones is 1. The van der Waals surface area contributed by atoms with E-state index in [4.69, 9.17) is 14.2 Å². The molecule has 1 aliphatic heterocycles. The molecule has 3 aliphatic carbocycles. The summed E-state index contributed by atoms with van der Waals surface area (Å²) in [6.45, 7) is 8.34. The van der Waals surface area contributed by atoms with Gasteiger partial charge >= 0.3 is 11.8 Å². The van der Waals surface area contributed by atoms with Gasteiger partial charge < -0.3 is 40.0 Å². The maximum absolute atomic E-state index is 14.8. The minimum absolute atomic E-state index is 0. The Labute approximate surface area is 404 Å². The van der Waals surface area contributed by atoms with E-state index >= 15 is 0 Å². The summed E-state index contributed by atoms with van der Waals surface area (Å²) in [6.07, 6.45) is -4.85. The number of pyridine rings is 1. The predicted octanol–water partition coefficient (Wildman–Crippen LogP) is 2.92. The van der Waals surface area contributed by atoms with Crippen LogP contribution in [0.1, 0.15) is 69.4 Å². The Morgan fingerprint density at radius 3 is 2.16 bits per heavy atom. The molecule has 298 valence electrons. The first-order valence-electron chi connectivity index (χ1n) is 18.9. The van der Waals surface area contributed by atoms with Gasteiger partial charge in [0.15, 0.2) is 12.0 Å². The van der Waals surface area contributed by atoms with Gasteiger partial charge in [-0.25, -0.2) is 4.79 Å². The van der Waals surface area contributed by atoms with Crippen molar-refractivity contribution in [3.63, 3.8) is 0 Å². The van der Waals surface area contributed by atoms with E-state index in [1.807, 2.05) is 6.07 Å². The van der Waals surface area contributed by atoms with Crippen molar-refractivity contribution < 1.29 is 142 Å². The average Bonchev–Trinajstić information content (AvgIpc) is 3.16. The first-order valence-corrected chi connectivity index (χ1v) is 18.9. The molecular formula is C43H51Ac2N2O10+. The first-order chi connectivity index (χ1) is 26.0. The van der Waals surface area contributed by atoms with Crippen molar-refractivity contribution in [3.8, 4) is 5.88 Å². The number of fused-ring (bicyclic) bond motifs is 5. The minimum atomic E-state index is -1.79. The van der Waals surface area contributed by atoms with E-state index in [0.29, 0.717) is 22.6 Å². The molecular weight excluding hydrogens is 1160 g/mol. The van der Waals surface area contributed by atoms with E-state index in [0.717, 1.165) is 0 Å². The molecule has 1 amide bonds. The molecule has 5 N–H and O–H groups in total. The largest absolute Gasteiger partial charge is 0.455 e. The number of carbonyl (C=O) groups excluding carboxylic acids is 3. The average molecular weight is 1210 g/mol. The maximum atomic E-state index is 14.8. The number of amides is 1. The van der Waals surface area contributed by atoms with Crippen LogP contribution in [-0.4, -0.2) is 86.4 Å². The molecule has 9 unspecified atom stereocenters. The summed E-state index contributed by atoms with van der Waals surface area (Å²) in [5, 5.41) is 51.7.